The van der Waals surface area contributed by atoms with E-state index in [4.69, 9.17) is 4.42 Å². The van der Waals surface area contributed by atoms with E-state index in [0.29, 0.717) is 6.42 Å². The monoisotopic (exact) mass is 314 g/mol. The van der Waals surface area contributed by atoms with E-state index in [0.717, 1.165) is 16.7 Å². The van der Waals surface area contributed by atoms with Crippen molar-refractivity contribution in [1.82, 2.24) is 10.2 Å². The van der Waals surface area contributed by atoms with Gasteiger partial charge < -0.3 is 14.6 Å². The summed E-state index contributed by atoms with van der Waals surface area (Å²) in [5.41, 5.74) is 0.820. The first-order chi connectivity index (χ1) is 11.0. The van der Waals surface area contributed by atoms with Gasteiger partial charge in [0.2, 0.25) is 11.8 Å². The number of carbonyl (C=O) groups is 2. The molecule has 0 spiro atoms. The minimum absolute atomic E-state index is 0.000318. The third-order valence-corrected chi connectivity index (χ3v) is 4.61. The fourth-order valence-corrected chi connectivity index (χ4v) is 3.19. The van der Waals surface area contributed by atoms with Gasteiger partial charge in [-0.25, -0.2) is 0 Å². The van der Waals surface area contributed by atoms with Crippen LogP contribution in [0.1, 0.15) is 38.5 Å². The minimum Gasteiger partial charge on any atom is -0.459 e. The molecule has 1 aliphatic rings. The van der Waals surface area contributed by atoms with Crippen LogP contribution in [0.15, 0.2) is 34.7 Å². The van der Waals surface area contributed by atoms with E-state index in [2.05, 4.69) is 5.32 Å². The number of amides is 2. The highest BCUT2D eigenvalue weighted by atomic mass is 16.3. The van der Waals surface area contributed by atoms with E-state index in [1.54, 1.807) is 11.9 Å². The lowest BCUT2D eigenvalue weighted by Crippen LogP contribution is -2.46. The normalized spacial score (nSPS) is 22.7. The number of carbonyl (C=O) groups excluding carboxylic acids is 2. The van der Waals surface area contributed by atoms with Gasteiger partial charge in [0.1, 0.15) is 11.3 Å². The summed E-state index contributed by atoms with van der Waals surface area (Å²) in [6.45, 7) is 3.88. The van der Waals surface area contributed by atoms with Gasteiger partial charge in [0.25, 0.3) is 0 Å². The topological polar surface area (TPSA) is 62.6 Å². The predicted molar refractivity (Wildman–Crippen MR) is 87.7 cm³/mol. The Balaban J connectivity index is 1.77. The number of fused-ring (bicyclic) bond motifs is 1. The fourth-order valence-electron chi connectivity index (χ4n) is 3.19. The highest BCUT2D eigenvalue weighted by Gasteiger charge is 2.33. The van der Waals surface area contributed by atoms with Crippen LogP contribution in [0.3, 0.4) is 0 Å². The molecule has 1 aliphatic heterocycles. The van der Waals surface area contributed by atoms with Crippen LogP contribution < -0.4 is 5.32 Å². The molecule has 0 unspecified atom stereocenters. The molecular weight excluding hydrogens is 292 g/mol. The summed E-state index contributed by atoms with van der Waals surface area (Å²) >= 11 is 0. The first-order valence-electron chi connectivity index (χ1n) is 8.00. The van der Waals surface area contributed by atoms with E-state index in [1.165, 1.54) is 0 Å². The van der Waals surface area contributed by atoms with Crippen LogP contribution in [-0.2, 0) is 9.59 Å². The van der Waals surface area contributed by atoms with Crippen molar-refractivity contribution in [3.63, 3.8) is 0 Å². The van der Waals surface area contributed by atoms with Crippen molar-refractivity contribution in [2.45, 2.75) is 38.8 Å². The summed E-state index contributed by atoms with van der Waals surface area (Å²) in [6, 6.07) is 9.64. The lowest BCUT2D eigenvalue weighted by atomic mass is 9.91. The van der Waals surface area contributed by atoms with E-state index in [-0.39, 0.29) is 36.2 Å². The lowest BCUT2D eigenvalue weighted by Gasteiger charge is -2.32. The van der Waals surface area contributed by atoms with Crippen molar-refractivity contribution in [3.05, 3.63) is 36.1 Å². The molecular formula is C18H22N2O3. The SMILES string of the molecule is C[C@@H]1C[C@@H](C(=O)N(C)[C@H](C)c2cc3ccccc3o2)CC(=O)N1. The van der Waals surface area contributed by atoms with Gasteiger partial charge in [-0.15, -0.1) is 0 Å². The number of para-hydroxylation sites is 1. The van der Waals surface area contributed by atoms with Crippen molar-refractivity contribution < 1.29 is 14.0 Å². The molecule has 0 bridgehead atoms. The number of rotatable bonds is 3. The Kier molecular flexibility index (Phi) is 4.11. The molecule has 3 rings (SSSR count). The number of benzene rings is 1. The summed E-state index contributed by atoms with van der Waals surface area (Å²) in [5.74, 6) is 0.456. The zero-order valence-electron chi connectivity index (χ0n) is 13.7. The summed E-state index contributed by atoms with van der Waals surface area (Å²) in [6.07, 6.45) is 0.947. The van der Waals surface area contributed by atoms with Gasteiger partial charge in [-0.05, 0) is 32.4 Å². The molecule has 1 saturated heterocycles. The molecule has 1 aromatic heterocycles. The van der Waals surface area contributed by atoms with Crippen molar-refractivity contribution >= 4 is 22.8 Å². The Bertz CT molecular complexity index is 704. The second kappa shape index (κ2) is 6.07. The molecule has 2 aromatic rings. The Morgan fingerprint density at radius 1 is 1.39 bits per heavy atom. The largest absolute Gasteiger partial charge is 0.459 e. The minimum atomic E-state index is -0.254. The predicted octanol–water partition coefficient (Wildman–Crippen LogP) is 2.87. The van der Waals surface area contributed by atoms with Crippen LogP contribution in [0.2, 0.25) is 0 Å². The molecule has 5 nitrogen and oxygen atoms in total. The van der Waals surface area contributed by atoms with Crippen LogP contribution in [-0.4, -0.2) is 29.8 Å². The van der Waals surface area contributed by atoms with Gasteiger partial charge >= 0.3 is 0 Å². The van der Waals surface area contributed by atoms with E-state index >= 15 is 0 Å². The van der Waals surface area contributed by atoms with Gasteiger partial charge in [0.15, 0.2) is 0 Å². The zero-order valence-corrected chi connectivity index (χ0v) is 13.7. The standard InChI is InChI=1S/C18H22N2O3/c1-11-8-14(10-17(21)19-11)18(22)20(3)12(2)16-9-13-6-4-5-7-15(13)23-16/h4-7,9,11-12,14H,8,10H2,1-3H3,(H,19,21)/t11-,12-,14-/m1/s1. The summed E-state index contributed by atoms with van der Waals surface area (Å²) in [7, 11) is 1.78. The van der Waals surface area contributed by atoms with Crippen LogP contribution >= 0.6 is 0 Å². The smallest absolute Gasteiger partial charge is 0.226 e. The Labute approximate surface area is 135 Å². The Morgan fingerprint density at radius 3 is 2.83 bits per heavy atom. The maximum absolute atomic E-state index is 12.7. The third-order valence-electron chi connectivity index (χ3n) is 4.61. The molecule has 0 saturated carbocycles. The number of hydrogen-bond acceptors (Lipinski definition) is 3. The van der Waals surface area contributed by atoms with Crippen molar-refractivity contribution in [2.24, 2.45) is 5.92 Å². The highest BCUT2D eigenvalue weighted by molar-refractivity contribution is 5.87. The van der Waals surface area contributed by atoms with Crippen molar-refractivity contribution in [1.29, 1.82) is 0 Å². The molecule has 122 valence electrons. The first-order valence-corrected chi connectivity index (χ1v) is 8.00. The van der Waals surface area contributed by atoms with Crippen LogP contribution in [0, 0.1) is 5.92 Å². The zero-order chi connectivity index (χ0) is 16.6. The number of furan rings is 1. The van der Waals surface area contributed by atoms with Gasteiger partial charge in [-0.3, -0.25) is 9.59 Å². The molecule has 23 heavy (non-hydrogen) atoms. The molecule has 3 atom stereocenters. The van der Waals surface area contributed by atoms with Crippen molar-refractivity contribution in [2.75, 3.05) is 7.05 Å². The molecule has 1 fully saturated rings. The molecule has 2 amide bonds. The Hall–Kier alpha value is -2.30. The van der Waals surface area contributed by atoms with E-state index in [9.17, 15) is 9.59 Å². The second-order valence-corrected chi connectivity index (χ2v) is 6.42. The average molecular weight is 314 g/mol. The molecule has 5 heteroatoms. The molecule has 1 aromatic carbocycles. The molecule has 1 N–H and O–H groups in total. The quantitative estimate of drug-likeness (QED) is 0.947. The van der Waals surface area contributed by atoms with Gasteiger partial charge in [0.05, 0.1) is 6.04 Å². The second-order valence-electron chi connectivity index (χ2n) is 6.42. The number of piperidine rings is 1. The van der Waals surface area contributed by atoms with E-state index in [1.807, 2.05) is 44.2 Å². The maximum Gasteiger partial charge on any atom is 0.226 e. The number of hydrogen-bond donors (Lipinski definition) is 1. The Morgan fingerprint density at radius 2 is 2.13 bits per heavy atom. The van der Waals surface area contributed by atoms with Crippen LogP contribution in [0.5, 0.6) is 0 Å². The van der Waals surface area contributed by atoms with Gasteiger partial charge in [0, 0.05) is 30.8 Å². The first kappa shape index (κ1) is 15.6. The van der Waals surface area contributed by atoms with Gasteiger partial charge in [-0.2, -0.15) is 0 Å². The summed E-state index contributed by atoms with van der Waals surface area (Å²) < 4.78 is 5.86. The van der Waals surface area contributed by atoms with E-state index < -0.39 is 0 Å². The molecule has 2 heterocycles. The average Bonchev–Trinajstić information content (AvgIpc) is 2.95. The molecule has 0 radical (unpaired) electrons. The summed E-state index contributed by atoms with van der Waals surface area (Å²) in [5, 5.41) is 3.88. The van der Waals surface area contributed by atoms with Gasteiger partial charge in [-0.1, -0.05) is 18.2 Å². The number of nitrogens with zero attached hydrogens (tertiary/aromatic N) is 1. The summed E-state index contributed by atoms with van der Waals surface area (Å²) in [4.78, 5) is 26.1. The third kappa shape index (κ3) is 3.09. The lowest BCUT2D eigenvalue weighted by molar-refractivity contribution is -0.141. The fraction of sp³-hybridized carbons (Fsp3) is 0.444. The highest BCUT2D eigenvalue weighted by Crippen LogP contribution is 2.29. The number of nitrogens with one attached hydrogen (secondary N) is 1. The molecule has 0 aliphatic carbocycles. The van der Waals surface area contributed by atoms with Crippen LogP contribution in [0.4, 0.5) is 0 Å². The van der Waals surface area contributed by atoms with Crippen molar-refractivity contribution in [3.8, 4) is 0 Å². The van der Waals surface area contributed by atoms with Crippen LogP contribution in [0.25, 0.3) is 11.0 Å². The maximum atomic E-state index is 12.7.